The minimum atomic E-state index is -0.339. The van der Waals surface area contributed by atoms with Crippen LogP contribution in [0.1, 0.15) is 23.2 Å². The first kappa shape index (κ1) is 17.5. The second-order valence-corrected chi connectivity index (χ2v) is 7.78. The summed E-state index contributed by atoms with van der Waals surface area (Å²) in [6.45, 7) is 0. The smallest absolute Gasteiger partial charge is 0.257 e. The number of amides is 3. The molecule has 142 valence electrons. The fourth-order valence-corrected chi connectivity index (χ4v) is 4.52. The van der Waals surface area contributed by atoms with Gasteiger partial charge in [-0.1, -0.05) is 47.7 Å². The Morgan fingerprint density at radius 1 is 0.966 bits per heavy atom. The topological polar surface area (TPSA) is 79.4 Å². The van der Waals surface area contributed by atoms with Crippen molar-refractivity contribution >= 4 is 60.9 Å². The third kappa shape index (κ3) is 3.05. The van der Waals surface area contributed by atoms with E-state index >= 15 is 0 Å². The number of aromatic nitrogens is 1. The molecule has 1 aliphatic rings. The molecule has 0 radical (unpaired) electrons. The van der Waals surface area contributed by atoms with Gasteiger partial charge in [0.25, 0.3) is 5.91 Å². The highest BCUT2D eigenvalue weighted by Gasteiger charge is 2.30. The van der Waals surface area contributed by atoms with Crippen molar-refractivity contribution in [2.24, 2.45) is 0 Å². The fraction of sp³-hybridized carbons (Fsp3) is 0.0909. The molecule has 1 saturated heterocycles. The maximum Gasteiger partial charge on any atom is 0.257 e. The quantitative estimate of drug-likeness (QED) is 0.518. The number of hydrogen-bond acceptors (Lipinski definition) is 5. The number of nitrogens with one attached hydrogen (secondary N) is 1. The van der Waals surface area contributed by atoms with Crippen molar-refractivity contribution in [3.8, 4) is 0 Å². The van der Waals surface area contributed by atoms with Crippen LogP contribution in [-0.2, 0) is 9.59 Å². The number of hydrogen-bond donors (Lipinski definition) is 1. The highest BCUT2D eigenvalue weighted by molar-refractivity contribution is 7.23. The molecule has 1 N–H and O–H groups in total. The molecular formula is C22H15N3O3S. The Bertz CT molecular complexity index is 1300. The summed E-state index contributed by atoms with van der Waals surface area (Å²) in [5, 5.41) is 5.55. The van der Waals surface area contributed by atoms with Crippen LogP contribution in [0.4, 0.5) is 10.8 Å². The number of thiazole rings is 1. The minimum absolute atomic E-state index is 0.203. The van der Waals surface area contributed by atoms with E-state index in [4.69, 9.17) is 0 Å². The Hall–Kier alpha value is -3.58. The van der Waals surface area contributed by atoms with E-state index in [1.54, 1.807) is 24.3 Å². The summed E-state index contributed by atoms with van der Waals surface area (Å²) in [6.07, 6.45) is 0.407. The second kappa shape index (κ2) is 6.79. The zero-order chi connectivity index (χ0) is 20.0. The number of fused-ring (bicyclic) bond motifs is 3. The Morgan fingerprint density at radius 2 is 1.76 bits per heavy atom. The van der Waals surface area contributed by atoms with E-state index in [2.05, 4.69) is 10.3 Å². The summed E-state index contributed by atoms with van der Waals surface area (Å²) in [4.78, 5) is 42.3. The van der Waals surface area contributed by atoms with Gasteiger partial charge in [0.1, 0.15) is 0 Å². The number of carbonyl (C=O) groups excluding carboxylic acids is 3. The van der Waals surface area contributed by atoms with E-state index in [1.165, 1.54) is 11.3 Å². The van der Waals surface area contributed by atoms with Gasteiger partial charge in [-0.3, -0.25) is 24.6 Å². The zero-order valence-electron chi connectivity index (χ0n) is 15.2. The van der Waals surface area contributed by atoms with Crippen LogP contribution < -0.4 is 10.2 Å². The first-order chi connectivity index (χ1) is 14.1. The van der Waals surface area contributed by atoms with Gasteiger partial charge in [-0.15, -0.1) is 0 Å². The van der Waals surface area contributed by atoms with Gasteiger partial charge in [-0.25, -0.2) is 4.98 Å². The lowest BCUT2D eigenvalue weighted by Gasteiger charge is -2.14. The lowest BCUT2D eigenvalue weighted by molar-refractivity contribution is -0.121. The maximum atomic E-state index is 12.8. The van der Waals surface area contributed by atoms with E-state index in [1.807, 2.05) is 36.4 Å². The fourth-order valence-electron chi connectivity index (χ4n) is 3.53. The minimum Gasteiger partial charge on any atom is -0.298 e. The summed E-state index contributed by atoms with van der Waals surface area (Å²) >= 11 is 1.42. The normalized spacial score (nSPS) is 14.1. The van der Waals surface area contributed by atoms with Gasteiger partial charge < -0.3 is 0 Å². The summed E-state index contributed by atoms with van der Waals surface area (Å²) in [5.41, 5.74) is 1.60. The van der Waals surface area contributed by atoms with Gasteiger partial charge in [0.05, 0.1) is 15.9 Å². The van der Waals surface area contributed by atoms with Gasteiger partial charge in [-0.05, 0) is 29.7 Å². The molecule has 2 heterocycles. The third-order valence-corrected chi connectivity index (χ3v) is 5.94. The lowest BCUT2D eigenvalue weighted by atomic mass is 10.1. The van der Waals surface area contributed by atoms with Crippen molar-refractivity contribution < 1.29 is 14.4 Å². The monoisotopic (exact) mass is 401 g/mol. The second-order valence-electron chi connectivity index (χ2n) is 6.78. The van der Waals surface area contributed by atoms with E-state index in [-0.39, 0.29) is 30.6 Å². The summed E-state index contributed by atoms with van der Waals surface area (Å²) < 4.78 is 1.01. The van der Waals surface area contributed by atoms with Crippen LogP contribution >= 0.6 is 11.3 Å². The highest BCUT2D eigenvalue weighted by Crippen LogP contribution is 2.33. The zero-order valence-corrected chi connectivity index (χ0v) is 16.0. The standard InChI is InChI=1S/C22H15N3O3S/c26-18-10-11-19(27)25(18)15-6-3-5-14(12-15)21(28)24-22-23-17-9-8-13-4-1-2-7-16(13)20(17)29-22/h1-9,12H,10-11H2,(H,23,24,28). The van der Waals surface area contributed by atoms with Crippen LogP contribution in [0.25, 0.3) is 21.0 Å². The van der Waals surface area contributed by atoms with E-state index in [0.717, 1.165) is 25.9 Å². The van der Waals surface area contributed by atoms with Gasteiger partial charge in [0.2, 0.25) is 11.8 Å². The van der Waals surface area contributed by atoms with Crippen molar-refractivity contribution in [2.45, 2.75) is 12.8 Å². The number of carbonyl (C=O) groups is 3. The molecule has 7 heteroatoms. The van der Waals surface area contributed by atoms with Crippen LogP contribution in [0, 0.1) is 0 Å². The average molecular weight is 401 g/mol. The average Bonchev–Trinajstić information content (AvgIpc) is 3.30. The van der Waals surface area contributed by atoms with Crippen LogP contribution in [0.5, 0.6) is 0 Å². The van der Waals surface area contributed by atoms with Crippen molar-refractivity contribution in [1.82, 2.24) is 4.98 Å². The lowest BCUT2D eigenvalue weighted by Crippen LogP contribution is -2.28. The van der Waals surface area contributed by atoms with Crippen LogP contribution in [0.15, 0.2) is 60.7 Å². The molecule has 0 saturated carbocycles. The molecule has 1 aromatic heterocycles. The Balaban J connectivity index is 1.45. The van der Waals surface area contributed by atoms with Gasteiger partial charge >= 0.3 is 0 Å². The predicted octanol–water partition coefficient (Wildman–Crippen LogP) is 4.36. The Kier molecular flexibility index (Phi) is 4.10. The molecule has 0 spiro atoms. The molecule has 29 heavy (non-hydrogen) atoms. The van der Waals surface area contributed by atoms with Crippen molar-refractivity contribution in [1.29, 1.82) is 0 Å². The molecular weight excluding hydrogens is 386 g/mol. The SMILES string of the molecule is O=C(Nc1nc2ccc3ccccc3c2s1)c1cccc(N2C(=O)CCC2=O)c1. The van der Waals surface area contributed by atoms with Crippen LogP contribution in [-0.4, -0.2) is 22.7 Å². The molecule has 0 unspecified atom stereocenters. The number of benzene rings is 3. The van der Waals surface area contributed by atoms with Crippen molar-refractivity contribution in [3.63, 3.8) is 0 Å². The largest absolute Gasteiger partial charge is 0.298 e. The molecule has 5 rings (SSSR count). The molecule has 3 amide bonds. The van der Waals surface area contributed by atoms with Crippen molar-refractivity contribution in [2.75, 3.05) is 10.2 Å². The Labute approximate surface area is 169 Å². The molecule has 0 aliphatic carbocycles. The predicted molar refractivity (Wildman–Crippen MR) is 113 cm³/mol. The summed E-state index contributed by atoms with van der Waals surface area (Å²) in [5.74, 6) is -0.828. The van der Waals surface area contributed by atoms with Crippen LogP contribution in [0.2, 0.25) is 0 Å². The molecule has 6 nitrogen and oxygen atoms in total. The molecule has 1 aliphatic heterocycles. The number of nitrogens with zero attached hydrogens (tertiary/aromatic N) is 2. The molecule has 0 atom stereocenters. The van der Waals surface area contributed by atoms with Crippen LogP contribution in [0.3, 0.4) is 0 Å². The van der Waals surface area contributed by atoms with Gasteiger partial charge in [0, 0.05) is 23.8 Å². The molecule has 0 bridgehead atoms. The van der Waals surface area contributed by atoms with Crippen molar-refractivity contribution in [3.05, 3.63) is 66.2 Å². The van der Waals surface area contributed by atoms with Gasteiger partial charge in [-0.2, -0.15) is 0 Å². The molecule has 1 fully saturated rings. The third-order valence-electron chi connectivity index (χ3n) is 4.92. The summed E-state index contributed by atoms with van der Waals surface area (Å²) in [7, 11) is 0. The van der Waals surface area contributed by atoms with E-state index < -0.39 is 0 Å². The van der Waals surface area contributed by atoms with E-state index in [0.29, 0.717) is 16.4 Å². The highest BCUT2D eigenvalue weighted by atomic mass is 32.1. The molecule has 4 aromatic rings. The number of imide groups is 1. The number of anilines is 2. The first-order valence-corrected chi connectivity index (χ1v) is 9.97. The Morgan fingerprint density at radius 3 is 2.59 bits per heavy atom. The first-order valence-electron chi connectivity index (χ1n) is 9.16. The summed E-state index contributed by atoms with van der Waals surface area (Å²) in [6, 6.07) is 18.5. The number of rotatable bonds is 3. The van der Waals surface area contributed by atoms with E-state index in [9.17, 15) is 14.4 Å². The maximum absolute atomic E-state index is 12.8. The molecule has 3 aromatic carbocycles. The van der Waals surface area contributed by atoms with Gasteiger partial charge in [0.15, 0.2) is 5.13 Å².